The molecule has 0 aliphatic rings. The Hall–Kier alpha value is -3.02. The Morgan fingerprint density at radius 3 is 2.15 bits per heavy atom. The van der Waals surface area contributed by atoms with Crippen molar-refractivity contribution in [2.45, 2.75) is 33.7 Å². The molecule has 0 heterocycles. The molecule has 2 aromatic rings. The standard InChI is InChI=1S/C21H28N4O2/c1-5-25(6-2)17-13-11-16(12-14-17)23-20(26)18-9-7-8-10-19(18)24-21(27)22-15(3)4/h7-15H,5-6H2,1-4H3,(H,23,26)(H2,22,24,27). The fraction of sp³-hybridized carbons (Fsp3) is 0.333. The minimum atomic E-state index is -0.339. The summed E-state index contributed by atoms with van der Waals surface area (Å²) in [5.74, 6) is -0.272. The molecular formula is C21H28N4O2. The molecule has 0 saturated carbocycles. The van der Waals surface area contributed by atoms with Crippen LogP contribution in [0.1, 0.15) is 38.1 Å². The Morgan fingerprint density at radius 2 is 1.56 bits per heavy atom. The number of carbonyl (C=O) groups is 2. The molecule has 0 aliphatic heterocycles. The summed E-state index contributed by atoms with van der Waals surface area (Å²) in [6.45, 7) is 9.83. The van der Waals surface area contributed by atoms with Crippen LogP contribution in [-0.2, 0) is 0 Å². The lowest BCUT2D eigenvalue weighted by Gasteiger charge is -2.21. The van der Waals surface area contributed by atoms with Crippen molar-refractivity contribution in [1.82, 2.24) is 5.32 Å². The van der Waals surface area contributed by atoms with Gasteiger partial charge in [-0.25, -0.2) is 4.79 Å². The normalized spacial score (nSPS) is 10.4. The lowest BCUT2D eigenvalue weighted by atomic mass is 10.1. The molecule has 0 spiro atoms. The van der Waals surface area contributed by atoms with Gasteiger partial charge in [0.15, 0.2) is 0 Å². The van der Waals surface area contributed by atoms with Crippen LogP contribution in [0.4, 0.5) is 21.9 Å². The van der Waals surface area contributed by atoms with Crippen LogP contribution in [0.2, 0.25) is 0 Å². The number of carbonyl (C=O) groups excluding carboxylic acids is 2. The van der Waals surface area contributed by atoms with Crippen molar-refractivity contribution < 1.29 is 9.59 Å². The number of anilines is 3. The van der Waals surface area contributed by atoms with Gasteiger partial charge in [-0.3, -0.25) is 4.79 Å². The molecule has 2 rings (SSSR count). The molecule has 0 unspecified atom stereocenters. The van der Waals surface area contributed by atoms with Gasteiger partial charge in [-0.1, -0.05) is 12.1 Å². The second-order valence-electron chi connectivity index (χ2n) is 6.47. The van der Waals surface area contributed by atoms with Gasteiger partial charge in [0.1, 0.15) is 0 Å². The van der Waals surface area contributed by atoms with Crippen LogP contribution >= 0.6 is 0 Å². The number of para-hydroxylation sites is 1. The smallest absolute Gasteiger partial charge is 0.319 e. The largest absolute Gasteiger partial charge is 0.372 e. The maximum absolute atomic E-state index is 12.7. The van der Waals surface area contributed by atoms with E-state index in [1.807, 2.05) is 38.1 Å². The van der Waals surface area contributed by atoms with Gasteiger partial charge in [-0.15, -0.1) is 0 Å². The van der Waals surface area contributed by atoms with Crippen LogP contribution in [0.5, 0.6) is 0 Å². The van der Waals surface area contributed by atoms with E-state index in [4.69, 9.17) is 0 Å². The lowest BCUT2D eigenvalue weighted by Crippen LogP contribution is -2.34. The monoisotopic (exact) mass is 368 g/mol. The first-order valence-electron chi connectivity index (χ1n) is 9.27. The van der Waals surface area contributed by atoms with Crippen LogP contribution in [0, 0.1) is 0 Å². The van der Waals surface area contributed by atoms with E-state index in [9.17, 15) is 9.59 Å². The van der Waals surface area contributed by atoms with E-state index in [-0.39, 0.29) is 18.0 Å². The van der Waals surface area contributed by atoms with Gasteiger partial charge in [0.05, 0.1) is 11.3 Å². The fourth-order valence-electron chi connectivity index (χ4n) is 2.75. The molecule has 0 bridgehead atoms. The van der Waals surface area contributed by atoms with Crippen molar-refractivity contribution in [3.63, 3.8) is 0 Å². The molecular weight excluding hydrogens is 340 g/mol. The minimum absolute atomic E-state index is 0.00955. The van der Waals surface area contributed by atoms with Gasteiger partial charge in [-0.05, 0) is 64.1 Å². The highest BCUT2D eigenvalue weighted by Crippen LogP contribution is 2.20. The Kier molecular flexibility index (Phi) is 7.23. The summed E-state index contributed by atoms with van der Waals surface area (Å²) in [5.41, 5.74) is 2.69. The molecule has 3 N–H and O–H groups in total. The van der Waals surface area contributed by atoms with E-state index < -0.39 is 0 Å². The average Bonchev–Trinajstić information content (AvgIpc) is 2.63. The molecule has 3 amide bonds. The molecule has 0 radical (unpaired) electrons. The number of urea groups is 1. The van der Waals surface area contributed by atoms with Gasteiger partial charge in [-0.2, -0.15) is 0 Å². The van der Waals surface area contributed by atoms with Crippen molar-refractivity contribution >= 4 is 29.0 Å². The van der Waals surface area contributed by atoms with Crippen molar-refractivity contribution in [3.8, 4) is 0 Å². The van der Waals surface area contributed by atoms with Crippen LogP contribution in [0.25, 0.3) is 0 Å². The molecule has 0 saturated heterocycles. The van der Waals surface area contributed by atoms with Crippen molar-refractivity contribution in [3.05, 3.63) is 54.1 Å². The number of hydrogen-bond donors (Lipinski definition) is 3. The summed E-state index contributed by atoms with van der Waals surface area (Å²) in [6.07, 6.45) is 0. The number of nitrogens with one attached hydrogen (secondary N) is 3. The third kappa shape index (κ3) is 5.74. The molecule has 2 aromatic carbocycles. The highest BCUT2D eigenvalue weighted by Gasteiger charge is 2.14. The van der Waals surface area contributed by atoms with Gasteiger partial charge >= 0.3 is 6.03 Å². The maximum atomic E-state index is 12.7. The third-order valence-corrected chi connectivity index (χ3v) is 4.09. The number of hydrogen-bond acceptors (Lipinski definition) is 3. The van der Waals surface area contributed by atoms with E-state index in [1.54, 1.807) is 24.3 Å². The number of amides is 3. The predicted molar refractivity (Wildman–Crippen MR) is 112 cm³/mol. The quantitative estimate of drug-likeness (QED) is 0.682. The maximum Gasteiger partial charge on any atom is 0.319 e. The van der Waals surface area contributed by atoms with Crippen LogP contribution in [-0.4, -0.2) is 31.1 Å². The molecule has 27 heavy (non-hydrogen) atoms. The second-order valence-corrected chi connectivity index (χ2v) is 6.47. The minimum Gasteiger partial charge on any atom is -0.372 e. The Morgan fingerprint density at radius 1 is 0.926 bits per heavy atom. The van der Waals surface area contributed by atoms with Crippen molar-refractivity contribution in [2.24, 2.45) is 0 Å². The van der Waals surface area contributed by atoms with E-state index in [2.05, 4.69) is 34.7 Å². The van der Waals surface area contributed by atoms with Crippen LogP contribution < -0.4 is 20.9 Å². The molecule has 0 aromatic heterocycles. The first-order valence-corrected chi connectivity index (χ1v) is 9.27. The van der Waals surface area contributed by atoms with E-state index >= 15 is 0 Å². The molecule has 0 atom stereocenters. The summed E-state index contributed by atoms with van der Waals surface area (Å²) < 4.78 is 0. The number of nitrogens with zero attached hydrogens (tertiary/aromatic N) is 1. The first-order chi connectivity index (χ1) is 12.9. The van der Waals surface area contributed by atoms with Crippen molar-refractivity contribution in [2.75, 3.05) is 28.6 Å². The zero-order valence-corrected chi connectivity index (χ0v) is 16.4. The summed E-state index contributed by atoms with van der Waals surface area (Å²) in [7, 11) is 0. The highest BCUT2D eigenvalue weighted by molar-refractivity contribution is 6.10. The zero-order chi connectivity index (χ0) is 19.8. The fourth-order valence-corrected chi connectivity index (χ4v) is 2.75. The molecule has 0 aliphatic carbocycles. The average molecular weight is 368 g/mol. The van der Waals surface area contributed by atoms with Gasteiger partial charge < -0.3 is 20.9 Å². The van der Waals surface area contributed by atoms with Gasteiger partial charge in [0.25, 0.3) is 5.91 Å². The summed E-state index contributed by atoms with van der Waals surface area (Å²) in [5, 5.41) is 8.36. The zero-order valence-electron chi connectivity index (χ0n) is 16.4. The predicted octanol–water partition coefficient (Wildman–Crippen LogP) is 4.32. The first kappa shape index (κ1) is 20.3. The van der Waals surface area contributed by atoms with Crippen molar-refractivity contribution in [1.29, 1.82) is 0 Å². The summed E-state index contributed by atoms with van der Waals surface area (Å²) >= 11 is 0. The Labute approximate surface area is 161 Å². The van der Waals surface area contributed by atoms with E-state index in [0.717, 1.165) is 18.8 Å². The summed E-state index contributed by atoms with van der Waals surface area (Å²) in [4.78, 5) is 26.9. The highest BCUT2D eigenvalue weighted by atomic mass is 16.2. The molecule has 144 valence electrons. The SMILES string of the molecule is CCN(CC)c1ccc(NC(=O)c2ccccc2NC(=O)NC(C)C)cc1. The Balaban J connectivity index is 2.11. The number of benzene rings is 2. The van der Waals surface area contributed by atoms with Gasteiger partial charge in [0, 0.05) is 30.5 Å². The van der Waals surface area contributed by atoms with Crippen LogP contribution in [0.3, 0.4) is 0 Å². The molecule has 6 heteroatoms. The Bertz CT molecular complexity index is 768. The van der Waals surface area contributed by atoms with Gasteiger partial charge in [0.2, 0.25) is 0 Å². The summed E-state index contributed by atoms with van der Waals surface area (Å²) in [6, 6.07) is 14.4. The molecule has 0 fully saturated rings. The third-order valence-electron chi connectivity index (χ3n) is 4.09. The van der Waals surface area contributed by atoms with E-state index in [1.165, 1.54) is 0 Å². The molecule has 6 nitrogen and oxygen atoms in total. The topological polar surface area (TPSA) is 73.5 Å². The lowest BCUT2D eigenvalue weighted by molar-refractivity contribution is 0.102. The second kappa shape index (κ2) is 9.62. The van der Waals surface area contributed by atoms with E-state index in [0.29, 0.717) is 16.9 Å². The van der Waals surface area contributed by atoms with Crippen LogP contribution in [0.15, 0.2) is 48.5 Å². The number of rotatable bonds is 7.